The van der Waals surface area contributed by atoms with E-state index in [1.165, 1.54) is 24.3 Å². The Morgan fingerprint density at radius 1 is 1.14 bits per heavy atom. The highest BCUT2D eigenvalue weighted by atomic mass is 19.4. The van der Waals surface area contributed by atoms with E-state index in [0.717, 1.165) is 18.2 Å². The molecule has 2 rings (SSSR count). The molecule has 0 fully saturated rings. The number of alkyl halides is 3. The zero-order valence-electron chi connectivity index (χ0n) is 11.7. The number of halogens is 4. The topological polar surface area (TPSA) is 29.1 Å². The summed E-state index contributed by atoms with van der Waals surface area (Å²) >= 11 is 0. The molecular weight excluding hydrogens is 298 g/mol. The predicted molar refractivity (Wildman–Crippen MR) is 73.8 cm³/mol. The van der Waals surface area contributed by atoms with Crippen molar-refractivity contribution in [1.29, 1.82) is 0 Å². The molecule has 0 unspecified atom stereocenters. The molecule has 0 aliphatic carbocycles. The summed E-state index contributed by atoms with van der Waals surface area (Å²) in [5.41, 5.74) is 0.285. The first-order valence-corrected chi connectivity index (χ1v) is 6.48. The molecule has 0 aliphatic rings. The van der Waals surface area contributed by atoms with Crippen LogP contribution >= 0.6 is 0 Å². The number of rotatable bonds is 3. The van der Waals surface area contributed by atoms with E-state index >= 15 is 0 Å². The van der Waals surface area contributed by atoms with Crippen molar-refractivity contribution in [3.63, 3.8) is 0 Å². The van der Waals surface area contributed by atoms with E-state index in [9.17, 15) is 22.4 Å². The lowest BCUT2D eigenvalue weighted by Crippen LogP contribution is -2.24. The Labute approximate surface area is 124 Å². The van der Waals surface area contributed by atoms with Crippen molar-refractivity contribution in [2.24, 2.45) is 0 Å². The Balaban J connectivity index is 2.10. The molecule has 2 nitrogen and oxygen atoms in total. The molecule has 0 spiro atoms. The van der Waals surface area contributed by atoms with E-state index in [2.05, 4.69) is 5.32 Å². The molecule has 6 heteroatoms. The normalized spacial score (nSPS) is 11.3. The van der Waals surface area contributed by atoms with Gasteiger partial charge in [0.15, 0.2) is 0 Å². The van der Waals surface area contributed by atoms with Crippen LogP contribution in [0.5, 0.6) is 0 Å². The molecule has 1 amide bonds. The molecule has 22 heavy (non-hydrogen) atoms. The minimum absolute atomic E-state index is 0.0707. The van der Waals surface area contributed by atoms with Crippen LogP contribution < -0.4 is 5.32 Å². The predicted octanol–water partition coefficient (Wildman–Crippen LogP) is 4.08. The maximum Gasteiger partial charge on any atom is 0.416 e. The van der Waals surface area contributed by atoms with Gasteiger partial charge in [-0.2, -0.15) is 13.2 Å². The number of carbonyl (C=O) groups is 1. The van der Waals surface area contributed by atoms with Gasteiger partial charge in [0, 0.05) is 12.1 Å². The molecule has 0 heterocycles. The summed E-state index contributed by atoms with van der Waals surface area (Å²) in [6.45, 7) is 1.58. The molecule has 0 aromatic heterocycles. The largest absolute Gasteiger partial charge is 0.416 e. The van der Waals surface area contributed by atoms with Crippen molar-refractivity contribution in [1.82, 2.24) is 5.32 Å². The lowest BCUT2D eigenvalue weighted by Gasteiger charge is -2.10. The van der Waals surface area contributed by atoms with Crippen molar-refractivity contribution >= 4 is 5.91 Å². The Bertz CT molecular complexity index is 695. The molecule has 0 atom stereocenters. The molecule has 0 saturated heterocycles. The number of benzene rings is 2. The SMILES string of the molecule is Cc1ccc(F)cc1C(=O)NCc1cccc(C(F)(F)F)c1. The van der Waals surface area contributed by atoms with Crippen LogP contribution in [0.25, 0.3) is 0 Å². The molecule has 2 aromatic rings. The third-order valence-electron chi connectivity index (χ3n) is 3.15. The zero-order valence-corrected chi connectivity index (χ0v) is 11.7. The van der Waals surface area contributed by atoms with Crippen LogP contribution in [0.1, 0.15) is 27.0 Å². The minimum Gasteiger partial charge on any atom is -0.348 e. The van der Waals surface area contributed by atoms with Crippen LogP contribution in [0.4, 0.5) is 17.6 Å². The van der Waals surface area contributed by atoms with Gasteiger partial charge in [-0.25, -0.2) is 4.39 Å². The monoisotopic (exact) mass is 311 g/mol. The molecule has 1 N–H and O–H groups in total. The fraction of sp³-hybridized carbons (Fsp3) is 0.188. The summed E-state index contributed by atoms with van der Waals surface area (Å²) in [4.78, 5) is 12.0. The molecule has 2 aromatic carbocycles. The summed E-state index contributed by atoms with van der Waals surface area (Å²) < 4.78 is 50.9. The number of carbonyl (C=O) groups excluding carboxylic acids is 1. The first-order valence-electron chi connectivity index (χ1n) is 6.48. The first-order chi connectivity index (χ1) is 10.3. The van der Waals surface area contributed by atoms with Gasteiger partial charge in [-0.1, -0.05) is 18.2 Å². The van der Waals surface area contributed by atoms with Gasteiger partial charge in [0.25, 0.3) is 5.91 Å². The fourth-order valence-electron chi connectivity index (χ4n) is 1.97. The third kappa shape index (κ3) is 3.84. The van der Waals surface area contributed by atoms with Crippen molar-refractivity contribution in [3.05, 3.63) is 70.5 Å². The molecule has 116 valence electrons. The quantitative estimate of drug-likeness (QED) is 0.850. The number of aryl methyl sites for hydroxylation is 1. The summed E-state index contributed by atoms with van der Waals surface area (Å²) in [5.74, 6) is -1.08. The Morgan fingerprint density at radius 2 is 1.86 bits per heavy atom. The van der Waals surface area contributed by atoms with Crippen molar-refractivity contribution in [3.8, 4) is 0 Å². The van der Waals surface area contributed by atoms with Gasteiger partial charge in [-0.3, -0.25) is 4.79 Å². The average molecular weight is 311 g/mol. The smallest absolute Gasteiger partial charge is 0.348 e. The Morgan fingerprint density at radius 3 is 2.55 bits per heavy atom. The zero-order chi connectivity index (χ0) is 16.3. The van der Waals surface area contributed by atoms with Gasteiger partial charge in [-0.15, -0.1) is 0 Å². The van der Waals surface area contributed by atoms with Gasteiger partial charge in [0.1, 0.15) is 5.82 Å². The molecule has 0 saturated carbocycles. The van der Waals surface area contributed by atoms with E-state index in [-0.39, 0.29) is 12.1 Å². The summed E-state index contributed by atoms with van der Waals surface area (Å²) in [5, 5.41) is 2.49. The van der Waals surface area contributed by atoms with E-state index in [4.69, 9.17) is 0 Å². The summed E-state index contributed by atoms with van der Waals surface area (Å²) in [7, 11) is 0. The van der Waals surface area contributed by atoms with Crippen molar-refractivity contribution < 1.29 is 22.4 Å². The van der Waals surface area contributed by atoms with E-state index in [0.29, 0.717) is 11.1 Å². The maximum absolute atomic E-state index is 13.1. The minimum atomic E-state index is -4.43. The lowest BCUT2D eigenvalue weighted by molar-refractivity contribution is -0.137. The van der Waals surface area contributed by atoms with E-state index < -0.39 is 23.5 Å². The standard InChI is InChI=1S/C16H13F4NO/c1-10-5-6-13(17)8-14(10)15(22)21-9-11-3-2-4-12(7-11)16(18,19)20/h2-8H,9H2,1H3,(H,21,22). The summed E-state index contributed by atoms with van der Waals surface area (Å²) in [6.07, 6.45) is -4.43. The van der Waals surface area contributed by atoms with Crippen LogP contribution in [0.15, 0.2) is 42.5 Å². The molecular formula is C16H13F4NO. The third-order valence-corrected chi connectivity index (χ3v) is 3.15. The second kappa shape index (κ2) is 6.17. The number of hydrogen-bond acceptors (Lipinski definition) is 1. The maximum atomic E-state index is 13.1. The van der Waals surface area contributed by atoms with Crippen LogP contribution in [0.3, 0.4) is 0 Å². The van der Waals surface area contributed by atoms with Crippen LogP contribution in [-0.2, 0) is 12.7 Å². The van der Waals surface area contributed by atoms with Crippen molar-refractivity contribution in [2.75, 3.05) is 0 Å². The van der Waals surface area contributed by atoms with Crippen LogP contribution in [0.2, 0.25) is 0 Å². The van der Waals surface area contributed by atoms with Gasteiger partial charge >= 0.3 is 6.18 Å². The van der Waals surface area contributed by atoms with Gasteiger partial charge < -0.3 is 5.32 Å². The number of amides is 1. The Kier molecular flexibility index (Phi) is 4.49. The van der Waals surface area contributed by atoms with Crippen LogP contribution in [-0.4, -0.2) is 5.91 Å². The van der Waals surface area contributed by atoms with Crippen molar-refractivity contribution in [2.45, 2.75) is 19.6 Å². The molecule has 0 radical (unpaired) electrons. The highest BCUT2D eigenvalue weighted by molar-refractivity contribution is 5.95. The second-order valence-corrected chi connectivity index (χ2v) is 4.84. The van der Waals surface area contributed by atoms with Gasteiger partial charge in [0.05, 0.1) is 5.56 Å². The lowest BCUT2D eigenvalue weighted by atomic mass is 10.1. The molecule has 0 bridgehead atoms. The van der Waals surface area contributed by atoms with Crippen LogP contribution in [0, 0.1) is 12.7 Å². The first kappa shape index (κ1) is 16.0. The highest BCUT2D eigenvalue weighted by Gasteiger charge is 2.30. The summed E-state index contributed by atoms with van der Waals surface area (Å²) in [6, 6.07) is 8.48. The van der Waals surface area contributed by atoms with Gasteiger partial charge in [-0.05, 0) is 42.3 Å². The molecule has 0 aliphatic heterocycles. The second-order valence-electron chi connectivity index (χ2n) is 4.84. The fourth-order valence-corrected chi connectivity index (χ4v) is 1.97. The average Bonchev–Trinajstić information content (AvgIpc) is 2.47. The number of hydrogen-bond donors (Lipinski definition) is 1. The van der Waals surface area contributed by atoms with Gasteiger partial charge in [0.2, 0.25) is 0 Å². The number of nitrogens with one attached hydrogen (secondary N) is 1. The Hall–Kier alpha value is -2.37. The van der Waals surface area contributed by atoms with E-state index in [1.54, 1.807) is 6.92 Å². The van der Waals surface area contributed by atoms with E-state index in [1.807, 2.05) is 0 Å². The highest BCUT2D eigenvalue weighted by Crippen LogP contribution is 2.29.